The van der Waals surface area contributed by atoms with Gasteiger partial charge in [0.05, 0.1) is 36.2 Å². The van der Waals surface area contributed by atoms with Gasteiger partial charge in [0.15, 0.2) is 0 Å². The first kappa shape index (κ1) is 21.3. The Kier molecular flexibility index (Phi) is 5.22. The van der Waals surface area contributed by atoms with Crippen molar-refractivity contribution in [2.24, 2.45) is 14.1 Å². The summed E-state index contributed by atoms with van der Waals surface area (Å²) >= 11 is 0. The number of alkyl halides is 3. The summed E-state index contributed by atoms with van der Waals surface area (Å²) in [6.07, 6.45) is 1.65. The Balaban J connectivity index is 0.00000231. The molecule has 3 aromatic carbocycles. The van der Waals surface area contributed by atoms with Gasteiger partial charge < -0.3 is 18.3 Å². The molecular formula is C23H16F3N4Os-. The normalized spacial score (nSPS) is 11.8. The Hall–Kier alpha value is -2.97. The molecule has 0 saturated carbocycles. The van der Waals surface area contributed by atoms with Gasteiger partial charge in [-0.2, -0.15) is 31.4 Å². The average Bonchev–Trinajstić information content (AvgIpc) is 3.25. The molecule has 5 aromatic rings. The zero-order chi connectivity index (χ0) is 21.0. The van der Waals surface area contributed by atoms with Crippen LogP contribution < -0.4 is 9.13 Å². The molecule has 0 spiro atoms. The van der Waals surface area contributed by atoms with Gasteiger partial charge in [-0.1, -0.05) is 65.5 Å². The van der Waals surface area contributed by atoms with E-state index in [1.165, 1.54) is 0 Å². The van der Waals surface area contributed by atoms with Crippen LogP contribution in [0.5, 0.6) is 0 Å². The number of aromatic nitrogens is 4. The molecule has 5 rings (SSSR count). The van der Waals surface area contributed by atoms with E-state index in [4.69, 9.17) is 0 Å². The Bertz CT molecular complexity index is 1320. The summed E-state index contributed by atoms with van der Waals surface area (Å²) in [6, 6.07) is 20.2. The molecule has 0 amide bonds. The van der Waals surface area contributed by atoms with Gasteiger partial charge in [0.2, 0.25) is 12.7 Å². The maximum absolute atomic E-state index is 13.8. The zero-order valence-corrected chi connectivity index (χ0v) is 19.1. The molecule has 0 bridgehead atoms. The van der Waals surface area contributed by atoms with Crippen molar-refractivity contribution in [3.8, 4) is 11.4 Å². The fourth-order valence-corrected chi connectivity index (χ4v) is 3.70. The van der Waals surface area contributed by atoms with E-state index in [-0.39, 0.29) is 31.2 Å². The molecule has 0 radical (unpaired) electrons. The predicted octanol–water partition coefficient (Wildman–Crippen LogP) is 3.64. The fourth-order valence-electron chi connectivity index (χ4n) is 3.70. The predicted molar refractivity (Wildman–Crippen MR) is 104 cm³/mol. The van der Waals surface area contributed by atoms with Gasteiger partial charge in [-0.15, -0.1) is 0 Å². The maximum atomic E-state index is 13.8. The van der Waals surface area contributed by atoms with Crippen LogP contribution in [0, 0.1) is 18.7 Å². The van der Waals surface area contributed by atoms with Crippen molar-refractivity contribution >= 4 is 22.1 Å². The third-order valence-electron chi connectivity index (χ3n) is 5.12. The van der Waals surface area contributed by atoms with Crippen molar-refractivity contribution < 1.29 is 42.1 Å². The summed E-state index contributed by atoms with van der Waals surface area (Å²) < 4.78 is 48.0. The van der Waals surface area contributed by atoms with Crippen molar-refractivity contribution in [2.75, 3.05) is 0 Å². The summed E-state index contributed by atoms with van der Waals surface area (Å²) in [5, 5.41) is 0. The maximum Gasteiger partial charge on any atom is 0.393 e. The van der Waals surface area contributed by atoms with Crippen LogP contribution in [0.2, 0.25) is 0 Å². The van der Waals surface area contributed by atoms with Crippen molar-refractivity contribution in [1.82, 2.24) is 9.13 Å². The van der Waals surface area contributed by atoms with E-state index < -0.39 is 11.7 Å². The molecule has 0 unspecified atom stereocenters. The van der Waals surface area contributed by atoms with Crippen LogP contribution in [0.3, 0.4) is 0 Å². The minimum atomic E-state index is -4.51. The van der Waals surface area contributed by atoms with Gasteiger partial charge in [-0.3, -0.25) is 0 Å². The van der Waals surface area contributed by atoms with E-state index in [0.29, 0.717) is 0 Å². The Labute approximate surface area is 189 Å². The number of nitrogens with zero attached hydrogens (tertiary/aromatic N) is 4. The molecule has 0 fully saturated rings. The van der Waals surface area contributed by atoms with Crippen molar-refractivity contribution in [1.29, 1.82) is 0 Å². The minimum absolute atomic E-state index is 0. The number of fused-ring (bicyclic) bond motifs is 2. The first-order chi connectivity index (χ1) is 14.3. The van der Waals surface area contributed by atoms with Crippen molar-refractivity contribution in [2.45, 2.75) is 6.18 Å². The second kappa shape index (κ2) is 7.62. The molecule has 2 heterocycles. The minimum Gasteiger partial charge on any atom is -0.342 e. The average molecular weight is 596 g/mol. The molecule has 0 aliphatic heterocycles. The largest absolute Gasteiger partial charge is 0.393 e. The number of benzene rings is 3. The molecule has 4 nitrogen and oxygen atoms in total. The van der Waals surface area contributed by atoms with Crippen molar-refractivity contribution in [3.63, 3.8) is 0 Å². The van der Waals surface area contributed by atoms with Gasteiger partial charge in [0, 0.05) is 19.8 Å². The van der Waals surface area contributed by atoms with Gasteiger partial charge in [-0.05, 0) is 0 Å². The van der Waals surface area contributed by atoms with Crippen LogP contribution in [0.4, 0.5) is 13.2 Å². The molecular weight excluding hydrogens is 580 g/mol. The summed E-state index contributed by atoms with van der Waals surface area (Å²) in [7, 11) is 3.61. The molecule has 31 heavy (non-hydrogen) atoms. The zero-order valence-electron chi connectivity index (χ0n) is 16.5. The fraction of sp³-hybridized carbons (Fsp3) is 0.130. The topological polar surface area (TPSA) is 17.6 Å². The van der Waals surface area contributed by atoms with Gasteiger partial charge >= 0.3 is 6.18 Å². The van der Waals surface area contributed by atoms with E-state index in [0.717, 1.165) is 34.2 Å². The van der Waals surface area contributed by atoms with Gasteiger partial charge in [-0.25, -0.2) is 0 Å². The van der Waals surface area contributed by atoms with E-state index in [9.17, 15) is 13.2 Å². The van der Waals surface area contributed by atoms with Crippen LogP contribution >= 0.6 is 0 Å². The number of aryl methyl sites for hydroxylation is 2. The van der Waals surface area contributed by atoms with Crippen LogP contribution in [0.25, 0.3) is 33.4 Å². The molecule has 2 aromatic heterocycles. The van der Waals surface area contributed by atoms with Crippen LogP contribution in [-0.4, -0.2) is 9.13 Å². The second-order valence-corrected chi connectivity index (χ2v) is 7.10. The quantitative estimate of drug-likeness (QED) is 0.219. The number of halogens is 3. The third kappa shape index (κ3) is 3.55. The van der Waals surface area contributed by atoms with Crippen LogP contribution in [-0.2, 0) is 40.1 Å². The Morgan fingerprint density at radius 2 is 1.16 bits per heavy atom. The monoisotopic (exact) mass is 597 g/mol. The van der Waals surface area contributed by atoms with E-state index in [1.807, 2.05) is 48.5 Å². The molecule has 158 valence electrons. The Morgan fingerprint density at radius 1 is 0.742 bits per heavy atom. The molecule has 0 aliphatic rings. The molecule has 0 N–H and O–H groups in total. The standard InChI is InChI=1S/C23H16F3N4.Os/c1-27-14-29(21-9-5-3-7-19(21)27)17-11-16(23(24,25)26)12-18(13-17)30-15-28(2)20-8-4-6-10-22(20)30;/h3-12H,1-2H3;/q-1;. The third-order valence-corrected chi connectivity index (χ3v) is 5.12. The molecule has 0 aliphatic carbocycles. The van der Waals surface area contributed by atoms with Crippen molar-refractivity contribution in [3.05, 3.63) is 84.9 Å². The first-order valence-electron chi connectivity index (χ1n) is 9.26. The van der Waals surface area contributed by atoms with Gasteiger partial charge in [0.1, 0.15) is 0 Å². The molecule has 8 heteroatoms. The first-order valence-corrected chi connectivity index (χ1v) is 9.26. The van der Waals surface area contributed by atoms with E-state index in [1.54, 1.807) is 32.4 Å². The summed E-state index contributed by atoms with van der Waals surface area (Å²) in [5.74, 6) is 0. The summed E-state index contributed by atoms with van der Waals surface area (Å²) in [5.41, 5.74) is 2.95. The molecule has 0 atom stereocenters. The number of rotatable bonds is 2. The van der Waals surface area contributed by atoms with Crippen LogP contribution in [0.1, 0.15) is 5.56 Å². The molecule has 0 saturated heterocycles. The Morgan fingerprint density at radius 3 is 1.58 bits per heavy atom. The van der Waals surface area contributed by atoms with Crippen LogP contribution in [0.15, 0.2) is 60.7 Å². The second-order valence-electron chi connectivity index (χ2n) is 7.10. The number of hydrogen-bond donors (Lipinski definition) is 0. The van der Waals surface area contributed by atoms with Gasteiger partial charge in [0.25, 0.3) is 0 Å². The SMILES string of the molecule is C[n+]1[c-]n(-c2[c-]c(-n3[c-][n+](C)c4ccccc43)cc(C(F)(F)F)c2)c2ccccc21.[Os]. The number of para-hydroxylation sites is 4. The number of imidazole rings is 2. The van der Waals surface area contributed by atoms with E-state index in [2.05, 4.69) is 18.7 Å². The summed E-state index contributed by atoms with van der Waals surface area (Å²) in [6.45, 7) is 0. The summed E-state index contributed by atoms with van der Waals surface area (Å²) in [4.78, 5) is 0. The number of hydrogen-bond acceptors (Lipinski definition) is 0. The smallest absolute Gasteiger partial charge is 0.342 e. The van der Waals surface area contributed by atoms with E-state index >= 15 is 0 Å².